The maximum absolute atomic E-state index is 14.3. The lowest BCUT2D eigenvalue weighted by molar-refractivity contribution is -0.308. The van der Waals surface area contributed by atoms with Crippen molar-refractivity contribution in [1.29, 1.82) is 0 Å². The van der Waals surface area contributed by atoms with Gasteiger partial charge in [0, 0.05) is 0 Å². The topological polar surface area (TPSA) is 145 Å². The molecule has 14 heteroatoms. The third-order valence-electron chi connectivity index (χ3n) is 14.3. The molecule has 420 valence electrons. The summed E-state index contributed by atoms with van der Waals surface area (Å²) in [5.41, 5.74) is 5.97. The first-order valence-corrected chi connectivity index (χ1v) is 27.6. The van der Waals surface area contributed by atoms with Gasteiger partial charge in [-0.1, -0.05) is 182 Å². The molecule has 14 rings (SSSR count). The SMILES string of the molecule is O=C1OC[C@H]2O[C@@H](Oc3ccc(cc3)C(=O)OC[C@H]3O[C@@H](Oc4ccc1cc4)[C@H](OCc1ccccc1)[C@@H](OCc1ccccc1)[C@@H]3OCc1ccccc1)[C@H](OCc1ccccc1)[C@@H](OCc1ccccc1)[C@@H]2OCc1ccccc1. The second-order valence-corrected chi connectivity index (χ2v) is 20.1. The highest BCUT2D eigenvalue weighted by Crippen LogP contribution is 2.35. The van der Waals surface area contributed by atoms with Gasteiger partial charge in [0.25, 0.3) is 0 Å². The molecular weight excluding hydrogens is 1040 g/mol. The van der Waals surface area contributed by atoms with E-state index in [0.29, 0.717) is 11.5 Å². The van der Waals surface area contributed by atoms with E-state index in [4.69, 9.17) is 56.8 Å². The standard InChI is InChI=1S/C68H64O14/c69-65-53-31-37-56(38-32-53)80-68-64(76-44-52-29-17-6-18-30-52)62(74-42-50-25-13-4-14-26-50)60(72-40-48-21-9-2-10-22-48)58(82-68)46-78-66(70)54-33-35-55(36-34-54)79-67-63(75-43-51-27-15-5-16-28-51)61(73-41-49-23-11-3-12-24-49)59(57(81-67)45-77-65)71-39-47-19-7-1-8-20-47/h1-38,57-64,67-68H,39-46H2/t57-,58-,59-,60-,61+,62+,63-,64-,67-,68-/m1/s1. The van der Waals surface area contributed by atoms with Crippen LogP contribution in [-0.2, 0) is 87.0 Å². The first-order chi connectivity index (χ1) is 40.5. The fraction of sp³-hybridized carbons (Fsp3) is 0.265. The summed E-state index contributed by atoms with van der Waals surface area (Å²) in [5, 5.41) is 0. The maximum atomic E-state index is 14.3. The first-order valence-electron chi connectivity index (χ1n) is 27.6. The predicted octanol–water partition coefficient (Wildman–Crippen LogP) is 11.4. The van der Waals surface area contributed by atoms with Gasteiger partial charge in [-0.15, -0.1) is 0 Å². The van der Waals surface area contributed by atoms with E-state index in [1.807, 2.05) is 182 Å². The van der Waals surface area contributed by atoms with E-state index in [-0.39, 0.29) is 64.0 Å². The maximum Gasteiger partial charge on any atom is 0.338 e. The van der Waals surface area contributed by atoms with Crippen LogP contribution in [0.2, 0.25) is 0 Å². The van der Waals surface area contributed by atoms with E-state index in [9.17, 15) is 9.59 Å². The Hall–Kier alpha value is -8.02. The lowest BCUT2D eigenvalue weighted by Gasteiger charge is -2.45. The van der Waals surface area contributed by atoms with Gasteiger partial charge in [-0.25, -0.2) is 9.59 Å². The molecule has 10 atom stereocenters. The van der Waals surface area contributed by atoms with Crippen LogP contribution in [0.1, 0.15) is 54.1 Å². The molecule has 0 amide bonds. The van der Waals surface area contributed by atoms with Crippen molar-refractivity contribution in [2.75, 3.05) is 13.2 Å². The molecule has 8 bridgehead atoms. The minimum atomic E-state index is -1.14. The molecule has 0 aromatic heterocycles. The third kappa shape index (κ3) is 14.9. The monoisotopic (exact) mass is 1100 g/mol. The number of esters is 2. The molecule has 14 nitrogen and oxygen atoms in total. The van der Waals surface area contributed by atoms with Crippen LogP contribution in [0.5, 0.6) is 11.5 Å². The minimum Gasteiger partial charge on any atom is -0.462 e. The number of hydrogen-bond donors (Lipinski definition) is 0. The minimum absolute atomic E-state index is 0.181. The molecule has 0 unspecified atom stereocenters. The van der Waals surface area contributed by atoms with Crippen molar-refractivity contribution in [1.82, 2.24) is 0 Å². The fourth-order valence-electron chi connectivity index (χ4n) is 10.0. The van der Waals surface area contributed by atoms with Crippen molar-refractivity contribution >= 4 is 11.9 Å². The van der Waals surface area contributed by atoms with Gasteiger partial charge in [0.2, 0.25) is 12.6 Å². The molecule has 0 radical (unpaired) electrons. The molecule has 0 aliphatic carbocycles. The largest absolute Gasteiger partial charge is 0.462 e. The Labute approximate surface area is 477 Å². The highest BCUT2D eigenvalue weighted by Gasteiger charge is 2.52. The van der Waals surface area contributed by atoms with Gasteiger partial charge in [0.15, 0.2) is 0 Å². The Kier molecular flexibility index (Phi) is 19.2. The summed E-state index contributed by atoms with van der Waals surface area (Å²) in [6.45, 7) is 0.610. The number of rotatable bonds is 18. The molecule has 82 heavy (non-hydrogen) atoms. The highest BCUT2D eigenvalue weighted by molar-refractivity contribution is 5.90. The van der Waals surface area contributed by atoms with E-state index in [0.717, 1.165) is 33.4 Å². The van der Waals surface area contributed by atoms with Crippen LogP contribution in [0, 0.1) is 0 Å². The number of benzene rings is 8. The second kappa shape index (κ2) is 28.1. The van der Waals surface area contributed by atoms with Crippen molar-refractivity contribution in [3.05, 3.63) is 275 Å². The molecule has 8 aromatic rings. The van der Waals surface area contributed by atoms with E-state index < -0.39 is 73.4 Å². The quantitative estimate of drug-likeness (QED) is 0.0751. The van der Waals surface area contributed by atoms with Gasteiger partial charge in [-0.05, 0) is 81.9 Å². The first kappa shape index (κ1) is 55.9. The van der Waals surface area contributed by atoms with Crippen molar-refractivity contribution in [3.63, 3.8) is 0 Å². The van der Waals surface area contributed by atoms with Crippen LogP contribution in [0.25, 0.3) is 0 Å². The lowest BCUT2D eigenvalue weighted by atomic mass is 9.97. The van der Waals surface area contributed by atoms with Gasteiger partial charge in [0.05, 0.1) is 50.8 Å². The van der Waals surface area contributed by atoms with Crippen LogP contribution in [0.3, 0.4) is 0 Å². The van der Waals surface area contributed by atoms with Gasteiger partial charge in [-0.3, -0.25) is 0 Å². The number of carbonyl (C=O) groups excluding carboxylic acids is 2. The molecule has 0 N–H and O–H groups in total. The van der Waals surface area contributed by atoms with E-state index >= 15 is 0 Å². The Bertz CT molecular complexity index is 2980. The van der Waals surface area contributed by atoms with Crippen LogP contribution in [0.4, 0.5) is 0 Å². The van der Waals surface area contributed by atoms with E-state index in [2.05, 4.69) is 0 Å². The third-order valence-corrected chi connectivity index (χ3v) is 14.3. The highest BCUT2D eigenvalue weighted by atomic mass is 16.7. The Morgan fingerprint density at radius 1 is 0.293 bits per heavy atom. The molecule has 8 aromatic carbocycles. The molecule has 0 saturated carbocycles. The van der Waals surface area contributed by atoms with Crippen LogP contribution in [0.15, 0.2) is 231 Å². The Balaban J connectivity index is 0.939. The number of carbonyl (C=O) groups is 2. The predicted molar refractivity (Wildman–Crippen MR) is 302 cm³/mol. The van der Waals surface area contributed by atoms with Crippen molar-refractivity contribution < 1.29 is 66.4 Å². The molecule has 6 aliphatic heterocycles. The normalized spacial score (nSPS) is 23.7. The van der Waals surface area contributed by atoms with Gasteiger partial charge in [0.1, 0.15) is 73.5 Å². The molecular formula is C68H64O14. The van der Waals surface area contributed by atoms with Crippen molar-refractivity contribution in [3.8, 4) is 11.5 Å². The molecule has 6 heterocycles. The summed E-state index contributed by atoms with van der Waals surface area (Å²) >= 11 is 0. The van der Waals surface area contributed by atoms with Gasteiger partial charge >= 0.3 is 11.9 Å². The zero-order chi connectivity index (χ0) is 55.7. The van der Waals surface area contributed by atoms with Gasteiger partial charge in [-0.2, -0.15) is 0 Å². The summed E-state index contributed by atoms with van der Waals surface area (Å²) in [6, 6.07) is 71.7. The van der Waals surface area contributed by atoms with Gasteiger partial charge < -0.3 is 56.8 Å². The summed E-state index contributed by atoms with van der Waals surface area (Å²) in [7, 11) is 0. The van der Waals surface area contributed by atoms with Crippen molar-refractivity contribution in [2.24, 2.45) is 0 Å². The second-order valence-electron chi connectivity index (χ2n) is 20.1. The zero-order valence-corrected chi connectivity index (χ0v) is 45.1. The molecule has 2 fully saturated rings. The van der Waals surface area contributed by atoms with Crippen LogP contribution >= 0.6 is 0 Å². The fourth-order valence-corrected chi connectivity index (χ4v) is 10.0. The number of hydrogen-bond acceptors (Lipinski definition) is 14. The summed E-state index contributed by atoms with van der Waals surface area (Å²) in [5.74, 6) is -0.542. The Morgan fingerprint density at radius 2 is 0.537 bits per heavy atom. The summed E-state index contributed by atoms with van der Waals surface area (Å²) in [6.07, 6.45) is -9.34. The van der Waals surface area contributed by atoms with E-state index in [1.165, 1.54) is 0 Å². The summed E-state index contributed by atoms with van der Waals surface area (Å²) < 4.78 is 80.4. The van der Waals surface area contributed by atoms with Crippen LogP contribution in [-0.4, -0.2) is 86.6 Å². The molecule has 6 aliphatic rings. The van der Waals surface area contributed by atoms with Crippen molar-refractivity contribution in [2.45, 2.75) is 101 Å². The van der Waals surface area contributed by atoms with E-state index in [1.54, 1.807) is 48.5 Å². The average Bonchev–Trinajstić information content (AvgIpc) is 3.43. The molecule has 2 saturated heterocycles. The average molecular weight is 1110 g/mol. The number of ether oxygens (including phenoxy) is 12. The molecule has 0 spiro atoms. The zero-order valence-electron chi connectivity index (χ0n) is 45.1. The smallest absolute Gasteiger partial charge is 0.338 e. The Morgan fingerprint density at radius 3 is 0.805 bits per heavy atom. The van der Waals surface area contributed by atoms with Crippen LogP contribution < -0.4 is 9.47 Å². The lowest BCUT2D eigenvalue weighted by Crippen LogP contribution is -2.62. The summed E-state index contributed by atoms with van der Waals surface area (Å²) in [4.78, 5) is 28.5.